The number of thiocarbonyl (C=S) groups is 1. The van der Waals surface area contributed by atoms with Gasteiger partial charge in [0.15, 0.2) is 5.11 Å². The molecule has 0 aliphatic heterocycles. The fourth-order valence-electron chi connectivity index (χ4n) is 1.79. The molecular weight excluding hydrogens is 327 g/mol. The van der Waals surface area contributed by atoms with Crippen LogP contribution in [-0.4, -0.2) is 21.4 Å². The smallest absolute Gasteiger partial charge is 0.170 e. The molecule has 0 unspecified atom stereocenters. The van der Waals surface area contributed by atoms with Crippen LogP contribution < -0.4 is 10.6 Å². The van der Waals surface area contributed by atoms with Crippen molar-refractivity contribution in [3.8, 4) is 0 Å². The van der Waals surface area contributed by atoms with Crippen molar-refractivity contribution in [2.24, 2.45) is 0 Å². The van der Waals surface area contributed by atoms with Crippen LogP contribution in [0.2, 0.25) is 10.0 Å². The molecule has 21 heavy (non-hydrogen) atoms. The minimum absolute atomic E-state index is 0.538. The molecule has 2 rings (SSSR count). The van der Waals surface area contributed by atoms with Crippen LogP contribution in [0.1, 0.15) is 12.1 Å². The lowest BCUT2D eigenvalue weighted by Gasteiger charge is -2.11. The van der Waals surface area contributed by atoms with Crippen molar-refractivity contribution in [1.29, 1.82) is 0 Å². The van der Waals surface area contributed by atoms with Gasteiger partial charge >= 0.3 is 0 Å². The maximum atomic E-state index is 6.07. The van der Waals surface area contributed by atoms with Gasteiger partial charge in [0, 0.05) is 24.3 Å². The van der Waals surface area contributed by atoms with E-state index in [-0.39, 0.29) is 0 Å². The normalized spacial score (nSPS) is 10.4. The number of benzene rings is 1. The Bertz CT molecular complexity index is 627. The van der Waals surface area contributed by atoms with Crippen molar-refractivity contribution >= 4 is 46.2 Å². The largest absolute Gasteiger partial charge is 0.362 e. The third-order valence-corrected chi connectivity index (χ3v) is 3.60. The standard InChI is InChI=1S/C14H16Cl2N4S/c1-10-5-8-20(19-10)7-2-6-17-14(21)18-13-4-3-11(15)9-12(13)16/h3-5,8-9H,2,6-7H2,1H3,(H2,17,18,21). The molecule has 0 spiro atoms. The van der Waals surface area contributed by atoms with Gasteiger partial charge in [0.25, 0.3) is 0 Å². The Kier molecular flexibility index (Phi) is 5.85. The first kappa shape index (κ1) is 16.1. The highest BCUT2D eigenvalue weighted by Gasteiger charge is 2.03. The molecule has 2 aromatic rings. The van der Waals surface area contributed by atoms with Crippen LogP contribution in [0.5, 0.6) is 0 Å². The zero-order valence-electron chi connectivity index (χ0n) is 11.6. The lowest BCUT2D eigenvalue weighted by atomic mass is 10.3. The second-order valence-electron chi connectivity index (χ2n) is 4.58. The zero-order valence-corrected chi connectivity index (χ0v) is 13.9. The second-order valence-corrected chi connectivity index (χ2v) is 5.83. The SMILES string of the molecule is Cc1ccn(CCCNC(=S)Nc2ccc(Cl)cc2Cl)n1. The van der Waals surface area contributed by atoms with E-state index in [1.165, 1.54) is 0 Å². The summed E-state index contributed by atoms with van der Waals surface area (Å²) < 4.78 is 1.92. The summed E-state index contributed by atoms with van der Waals surface area (Å²) in [7, 11) is 0. The Morgan fingerprint density at radius 1 is 1.33 bits per heavy atom. The van der Waals surface area contributed by atoms with E-state index in [1.807, 2.05) is 23.9 Å². The number of hydrogen-bond acceptors (Lipinski definition) is 2. The summed E-state index contributed by atoms with van der Waals surface area (Å²) in [6.07, 6.45) is 2.90. The molecule has 0 saturated heterocycles. The number of rotatable bonds is 5. The minimum atomic E-state index is 0.538. The topological polar surface area (TPSA) is 41.9 Å². The van der Waals surface area contributed by atoms with Crippen LogP contribution in [0.4, 0.5) is 5.69 Å². The highest BCUT2D eigenvalue weighted by molar-refractivity contribution is 7.80. The Morgan fingerprint density at radius 3 is 2.81 bits per heavy atom. The van der Waals surface area contributed by atoms with Gasteiger partial charge in [-0.3, -0.25) is 4.68 Å². The molecule has 1 aromatic heterocycles. The number of nitrogens with one attached hydrogen (secondary N) is 2. The molecule has 0 atom stereocenters. The summed E-state index contributed by atoms with van der Waals surface area (Å²) in [5.74, 6) is 0. The third-order valence-electron chi connectivity index (χ3n) is 2.80. The monoisotopic (exact) mass is 342 g/mol. The molecule has 112 valence electrons. The number of nitrogens with zero attached hydrogens (tertiary/aromatic N) is 2. The average molecular weight is 343 g/mol. The molecule has 0 aliphatic rings. The Labute approximate surface area is 139 Å². The van der Waals surface area contributed by atoms with Crippen molar-refractivity contribution in [3.63, 3.8) is 0 Å². The van der Waals surface area contributed by atoms with Gasteiger partial charge in [-0.2, -0.15) is 5.10 Å². The number of hydrogen-bond donors (Lipinski definition) is 2. The highest BCUT2D eigenvalue weighted by Crippen LogP contribution is 2.25. The maximum Gasteiger partial charge on any atom is 0.170 e. The van der Waals surface area contributed by atoms with Gasteiger partial charge in [0.1, 0.15) is 0 Å². The molecule has 0 amide bonds. The van der Waals surface area contributed by atoms with E-state index in [0.29, 0.717) is 15.2 Å². The molecule has 1 heterocycles. The Balaban J connectivity index is 1.72. The molecular formula is C14H16Cl2N4S. The van der Waals surface area contributed by atoms with E-state index >= 15 is 0 Å². The summed E-state index contributed by atoms with van der Waals surface area (Å²) >= 11 is 17.1. The fraction of sp³-hybridized carbons (Fsp3) is 0.286. The number of anilines is 1. The Hall–Kier alpha value is -1.30. The number of aryl methyl sites for hydroxylation is 2. The average Bonchev–Trinajstić information content (AvgIpc) is 2.84. The molecule has 4 nitrogen and oxygen atoms in total. The van der Waals surface area contributed by atoms with Gasteiger partial charge in [-0.25, -0.2) is 0 Å². The molecule has 0 bridgehead atoms. The van der Waals surface area contributed by atoms with Crippen molar-refractivity contribution in [2.45, 2.75) is 19.9 Å². The van der Waals surface area contributed by atoms with E-state index in [0.717, 1.165) is 30.9 Å². The van der Waals surface area contributed by atoms with Crippen molar-refractivity contribution in [1.82, 2.24) is 15.1 Å². The van der Waals surface area contributed by atoms with Crippen LogP contribution >= 0.6 is 35.4 Å². The van der Waals surface area contributed by atoms with Gasteiger partial charge in [-0.05, 0) is 49.8 Å². The van der Waals surface area contributed by atoms with Gasteiger partial charge in [-0.1, -0.05) is 23.2 Å². The van der Waals surface area contributed by atoms with Crippen molar-refractivity contribution < 1.29 is 0 Å². The second kappa shape index (κ2) is 7.64. The molecule has 0 radical (unpaired) electrons. The van der Waals surface area contributed by atoms with E-state index in [4.69, 9.17) is 35.4 Å². The summed E-state index contributed by atoms with van der Waals surface area (Å²) in [4.78, 5) is 0. The summed E-state index contributed by atoms with van der Waals surface area (Å²) in [6, 6.07) is 7.22. The van der Waals surface area contributed by atoms with E-state index in [9.17, 15) is 0 Å². The highest BCUT2D eigenvalue weighted by atomic mass is 35.5. The first-order valence-electron chi connectivity index (χ1n) is 6.54. The first-order valence-corrected chi connectivity index (χ1v) is 7.71. The fourth-order valence-corrected chi connectivity index (χ4v) is 2.46. The van der Waals surface area contributed by atoms with Crippen LogP contribution in [0.15, 0.2) is 30.5 Å². The molecule has 7 heteroatoms. The van der Waals surface area contributed by atoms with Crippen LogP contribution in [0.3, 0.4) is 0 Å². The van der Waals surface area contributed by atoms with Gasteiger partial charge < -0.3 is 10.6 Å². The van der Waals surface area contributed by atoms with Gasteiger partial charge in [0.2, 0.25) is 0 Å². The summed E-state index contributed by atoms with van der Waals surface area (Å²) in [6.45, 7) is 3.59. The molecule has 2 N–H and O–H groups in total. The van der Waals surface area contributed by atoms with E-state index in [1.54, 1.807) is 18.2 Å². The number of aromatic nitrogens is 2. The van der Waals surface area contributed by atoms with Crippen LogP contribution in [0.25, 0.3) is 0 Å². The summed E-state index contributed by atoms with van der Waals surface area (Å²) in [5, 5.41) is 12.2. The number of halogens is 2. The summed E-state index contributed by atoms with van der Waals surface area (Å²) in [5.41, 5.74) is 1.76. The van der Waals surface area contributed by atoms with E-state index < -0.39 is 0 Å². The molecule has 1 aromatic carbocycles. The van der Waals surface area contributed by atoms with Gasteiger partial charge in [0.05, 0.1) is 16.4 Å². The van der Waals surface area contributed by atoms with Crippen LogP contribution in [-0.2, 0) is 6.54 Å². The van der Waals surface area contributed by atoms with E-state index in [2.05, 4.69) is 15.7 Å². The minimum Gasteiger partial charge on any atom is -0.362 e. The lowest BCUT2D eigenvalue weighted by Crippen LogP contribution is -2.29. The first-order chi connectivity index (χ1) is 10.0. The predicted molar refractivity (Wildman–Crippen MR) is 92.3 cm³/mol. The quantitative estimate of drug-likeness (QED) is 0.639. The van der Waals surface area contributed by atoms with Crippen LogP contribution in [0, 0.1) is 6.92 Å². The van der Waals surface area contributed by atoms with Gasteiger partial charge in [-0.15, -0.1) is 0 Å². The zero-order chi connectivity index (χ0) is 15.2. The Morgan fingerprint density at radius 2 is 2.14 bits per heavy atom. The van der Waals surface area contributed by atoms with Crippen molar-refractivity contribution in [2.75, 3.05) is 11.9 Å². The molecule has 0 saturated carbocycles. The lowest BCUT2D eigenvalue weighted by molar-refractivity contribution is 0.570. The maximum absolute atomic E-state index is 6.07. The molecule has 0 fully saturated rings. The van der Waals surface area contributed by atoms with Crippen molar-refractivity contribution in [3.05, 3.63) is 46.2 Å². The predicted octanol–water partition coefficient (Wildman–Crippen LogP) is 3.88. The molecule has 0 aliphatic carbocycles. The third kappa shape index (κ3) is 5.19.